The molecule has 0 aliphatic carbocycles. The van der Waals surface area contributed by atoms with Crippen LogP contribution in [0.1, 0.15) is 25.3 Å². The fourth-order valence-electron chi connectivity index (χ4n) is 6.01. The zero-order valence-electron chi connectivity index (χ0n) is 25.2. The van der Waals surface area contributed by atoms with E-state index in [9.17, 15) is 14.4 Å². The molecule has 3 fully saturated rings. The first-order valence-electron chi connectivity index (χ1n) is 15.3. The summed E-state index contributed by atoms with van der Waals surface area (Å²) < 4.78 is 26.1. The van der Waals surface area contributed by atoms with E-state index in [0.717, 1.165) is 38.5 Å². The molecule has 0 spiro atoms. The highest BCUT2D eigenvalue weighted by Gasteiger charge is 2.34. The number of hydrogen-bond donors (Lipinski definition) is 2. The molecule has 3 aliphatic rings. The number of carbonyl (C=O) groups excluding carboxylic acids is 1. The van der Waals surface area contributed by atoms with Crippen LogP contribution in [-0.2, 0) is 9.53 Å². The van der Waals surface area contributed by atoms with Gasteiger partial charge in [-0.2, -0.15) is 10.2 Å². The zero-order chi connectivity index (χ0) is 31.3. The predicted octanol–water partition coefficient (Wildman–Crippen LogP) is 2.76. The molecule has 3 aromatic rings. The fraction of sp³-hybridized carbons (Fsp3) is 0.469. The van der Waals surface area contributed by atoms with Crippen LogP contribution in [0, 0.1) is 11.3 Å². The minimum absolute atomic E-state index is 0.0344. The third-order valence-electron chi connectivity index (χ3n) is 8.62. The molecule has 1 amide bonds. The van der Waals surface area contributed by atoms with E-state index >= 15 is 0 Å². The van der Waals surface area contributed by atoms with Gasteiger partial charge in [0.1, 0.15) is 24.3 Å². The van der Waals surface area contributed by atoms with Crippen LogP contribution in [0.5, 0.6) is 5.75 Å². The third kappa shape index (κ3) is 6.98. The number of rotatable bonds is 9. The Kier molecular flexibility index (Phi) is 9.34. The molecule has 2 N–H and O–H groups in total. The Morgan fingerprint density at radius 2 is 1.98 bits per heavy atom. The number of aliphatic hydroxyl groups is 1. The quantitative estimate of drug-likeness (QED) is 0.367. The molecule has 3 aliphatic heterocycles. The van der Waals surface area contributed by atoms with Gasteiger partial charge in [-0.15, -0.1) is 0 Å². The molecule has 6 rings (SSSR count). The molecule has 13 heteroatoms. The van der Waals surface area contributed by atoms with Crippen LogP contribution in [-0.4, -0.2) is 113 Å². The lowest BCUT2D eigenvalue weighted by Gasteiger charge is -2.46. The van der Waals surface area contributed by atoms with E-state index < -0.39 is 12.3 Å². The molecule has 2 aromatic carbocycles. The van der Waals surface area contributed by atoms with Gasteiger partial charge in [0, 0.05) is 62.0 Å². The van der Waals surface area contributed by atoms with Crippen LogP contribution in [0.2, 0.25) is 0 Å². The van der Waals surface area contributed by atoms with E-state index in [1.807, 2.05) is 12.1 Å². The van der Waals surface area contributed by atoms with Gasteiger partial charge in [-0.05, 0) is 49.4 Å². The third-order valence-corrected chi connectivity index (χ3v) is 8.62. The van der Waals surface area contributed by atoms with Crippen molar-refractivity contribution in [3.05, 3.63) is 54.4 Å². The monoisotopic (exact) mass is 616 g/mol. The van der Waals surface area contributed by atoms with E-state index in [0.29, 0.717) is 36.0 Å². The first-order valence-corrected chi connectivity index (χ1v) is 15.3. The number of ether oxygens (including phenoxy) is 2. The standard InChI is InChI=1S/C32H37FN8O4/c1-21-16-39(26-18-44-19-26)11-12-41(21)25-5-3-24(4-6-25)37-32-36-20-35-31(38-32)22-2-7-28(23(14-22)15-34)45-29-8-10-40(17-27(29)33)30(43)9-13-42/h2-7,14,20-21,26-27,29,42H,8-13,16-19H2,1H3,(H,35,36,37,38)/t21-,27?,29?/m0/s1. The summed E-state index contributed by atoms with van der Waals surface area (Å²) in [6.07, 6.45) is -0.562. The van der Waals surface area contributed by atoms with Gasteiger partial charge in [0.15, 0.2) is 12.0 Å². The maximum Gasteiger partial charge on any atom is 0.230 e. The largest absolute Gasteiger partial charge is 0.486 e. The van der Waals surface area contributed by atoms with E-state index in [1.54, 1.807) is 18.2 Å². The minimum atomic E-state index is -1.42. The van der Waals surface area contributed by atoms with Crippen molar-refractivity contribution in [2.75, 3.05) is 62.8 Å². The summed E-state index contributed by atoms with van der Waals surface area (Å²) in [6.45, 7) is 6.88. The summed E-state index contributed by atoms with van der Waals surface area (Å²) in [7, 11) is 0. The first-order chi connectivity index (χ1) is 21.9. The number of carbonyl (C=O) groups is 1. The Bertz CT molecular complexity index is 1530. The molecule has 0 radical (unpaired) electrons. The second-order valence-electron chi connectivity index (χ2n) is 11.6. The number of alkyl halides is 1. The predicted molar refractivity (Wildman–Crippen MR) is 165 cm³/mol. The second kappa shape index (κ2) is 13.7. The number of piperidine rings is 1. The van der Waals surface area contributed by atoms with E-state index in [1.165, 1.54) is 16.9 Å². The number of nitrogens with zero attached hydrogens (tertiary/aromatic N) is 7. The SMILES string of the molecule is C[C@H]1CN(C2COC2)CCN1c1ccc(Nc2ncnc(-c3ccc(OC4CCN(C(=O)CCO)CC4F)c(C#N)c3)n2)cc1. The number of halogens is 1. The highest BCUT2D eigenvalue weighted by atomic mass is 19.1. The number of piperazine rings is 1. The van der Waals surface area contributed by atoms with Crippen LogP contribution in [0.3, 0.4) is 0 Å². The number of nitrogens with one attached hydrogen (secondary N) is 1. The topological polar surface area (TPSA) is 140 Å². The maximum atomic E-state index is 14.9. The molecule has 236 valence electrons. The highest BCUT2D eigenvalue weighted by molar-refractivity contribution is 5.76. The van der Waals surface area contributed by atoms with Crippen LogP contribution < -0.4 is 15.0 Å². The Morgan fingerprint density at radius 1 is 1.16 bits per heavy atom. The molecule has 45 heavy (non-hydrogen) atoms. The van der Waals surface area contributed by atoms with Crippen molar-refractivity contribution in [1.29, 1.82) is 5.26 Å². The van der Waals surface area contributed by atoms with Crippen molar-refractivity contribution in [2.24, 2.45) is 0 Å². The second-order valence-corrected chi connectivity index (χ2v) is 11.6. The Morgan fingerprint density at radius 3 is 2.67 bits per heavy atom. The molecule has 1 aromatic heterocycles. The Balaban J connectivity index is 1.08. The lowest BCUT2D eigenvalue weighted by atomic mass is 10.0. The summed E-state index contributed by atoms with van der Waals surface area (Å²) in [5.41, 5.74) is 2.81. The van der Waals surface area contributed by atoms with Crippen LogP contribution in [0.15, 0.2) is 48.8 Å². The molecule has 2 unspecified atom stereocenters. The Labute approximate surface area is 261 Å². The summed E-state index contributed by atoms with van der Waals surface area (Å²) >= 11 is 0. The number of anilines is 3. The van der Waals surface area contributed by atoms with Crippen LogP contribution in [0.25, 0.3) is 11.4 Å². The smallest absolute Gasteiger partial charge is 0.230 e. The molecular weight excluding hydrogens is 579 g/mol. The number of aliphatic hydroxyl groups excluding tert-OH is 1. The molecule has 3 saturated heterocycles. The van der Waals surface area contributed by atoms with Gasteiger partial charge in [0.25, 0.3) is 0 Å². The number of nitriles is 1. The van der Waals surface area contributed by atoms with Crippen molar-refractivity contribution in [2.45, 2.75) is 44.1 Å². The van der Waals surface area contributed by atoms with E-state index in [4.69, 9.17) is 14.6 Å². The van der Waals surface area contributed by atoms with Gasteiger partial charge in [0.05, 0.1) is 38.0 Å². The van der Waals surface area contributed by atoms with Crippen molar-refractivity contribution < 1.29 is 23.8 Å². The van der Waals surface area contributed by atoms with Gasteiger partial charge in [-0.25, -0.2) is 14.4 Å². The summed E-state index contributed by atoms with van der Waals surface area (Å²) in [6, 6.07) is 16.2. The van der Waals surface area contributed by atoms with Gasteiger partial charge >= 0.3 is 0 Å². The van der Waals surface area contributed by atoms with Crippen molar-refractivity contribution in [3.63, 3.8) is 0 Å². The summed E-state index contributed by atoms with van der Waals surface area (Å²) in [5.74, 6) is 0.696. The molecular formula is C32H37FN8O4. The normalized spacial score (nSPS) is 22.4. The van der Waals surface area contributed by atoms with Crippen molar-refractivity contribution >= 4 is 23.2 Å². The van der Waals surface area contributed by atoms with Crippen LogP contribution >= 0.6 is 0 Å². The van der Waals surface area contributed by atoms with E-state index in [-0.39, 0.29) is 43.2 Å². The van der Waals surface area contributed by atoms with Crippen molar-refractivity contribution in [1.82, 2.24) is 24.8 Å². The fourth-order valence-corrected chi connectivity index (χ4v) is 6.01. The van der Waals surface area contributed by atoms with Gasteiger partial charge in [-0.3, -0.25) is 9.69 Å². The van der Waals surface area contributed by atoms with Crippen LogP contribution in [0.4, 0.5) is 21.7 Å². The summed E-state index contributed by atoms with van der Waals surface area (Å²) in [5, 5.41) is 22.0. The van der Waals surface area contributed by atoms with E-state index in [2.05, 4.69) is 55.2 Å². The van der Waals surface area contributed by atoms with Gasteiger partial charge < -0.3 is 29.7 Å². The molecule has 4 heterocycles. The lowest BCUT2D eigenvalue weighted by Crippen LogP contribution is -2.59. The zero-order valence-corrected chi connectivity index (χ0v) is 25.2. The average molecular weight is 617 g/mol. The minimum Gasteiger partial charge on any atom is -0.486 e. The average Bonchev–Trinajstić information content (AvgIpc) is 3.02. The number of benzene rings is 2. The van der Waals surface area contributed by atoms with Crippen molar-refractivity contribution in [3.8, 4) is 23.2 Å². The number of aromatic nitrogens is 3. The van der Waals surface area contributed by atoms with Gasteiger partial charge in [0.2, 0.25) is 11.9 Å². The Hall–Kier alpha value is -4.38. The summed E-state index contributed by atoms with van der Waals surface area (Å²) in [4.78, 5) is 31.5. The maximum absolute atomic E-state index is 14.9. The molecule has 3 atom stereocenters. The molecule has 0 saturated carbocycles. The lowest BCUT2D eigenvalue weighted by molar-refractivity contribution is -0.135. The number of likely N-dealkylation sites (tertiary alicyclic amines) is 1. The first kappa shape index (κ1) is 30.6. The van der Waals surface area contributed by atoms with Gasteiger partial charge in [-0.1, -0.05) is 0 Å². The molecule has 0 bridgehead atoms. The number of hydrogen-bond acceptors (Lipinski definition) is 11. The number of amides is 1. The molecule has 12 nitrogen and oxygen atoms in total. The highest BCUT2D eigenvalue weighted by Crippen LogP contribution is 2.29.